The number of fused-ring (bicyclic) bond motifs is 1. The number of rotatable bonds is 5. The minimum Gasteiger partial charge on any atom is -0.366 e. The van der Waals surface area contributed by atoms with E-state index < -0.39 is 0 Å². The van der Waals surface area contributed by atoms with E-state index in [1.165, 1.54) is 18.3 Å². The average Bonchev–Trinajstić information content (AvgIpc) is 2.82. The van der Waals surface area contributed by atoms with Crippen LogP contribution in [0.15, 0.2) is 28.2 Å². The van der Waals surface area contributed by atoms with Gasteiger partial charge in [0.25, 0.3) is 5.84 Å². The Morgan fingerprint density at radius 2 is 2.15 bits per heavy atom. The Morgan fingerprint density at radius 1 is 1.46 bits per heavy atom. The highest BCUT2D eigenvalue weighted by atomic mass is 15.2. The topological polar surface area (TPSA) is 80.0 Å². The van der Waals surface area contributed by atoms with Crippen molar-refractivity contribution in [2.24, 2.45) is 15.9 Å². The first-order valence-corrected chi connectivity index (χ1v) is 8.56. The molecule has 0 aliphatic carbocycles. The fraction of sp³-hybridized carbons (Fsp3) is 0.450. The maximum absolute atomic E-state index is 9.33. The number of nitrogens with one attached hydrogen (secondary N) is 1. The van der Waals surface area contributed by atoms with E-state index in [1.807, 2.05) is 24.3 Å². The molecule has 6 nitrogen and oxygen atoms in total. The molecule has 0 atom stereocenters. The van der Waals surface area contributed by atoms with Crippen molar-refractivity contribution in [3.8, 4) is 6.07 Å². The van der Waals surface area contributed by atoms with Gasteiger partial charge in [0.05, 0.1) is 5.69 Å². The van der Waals surface area contributed by atoms with Crippen LogP contribution in [0.1, 0.15) is 33.3 Å². The summed E-state index contributed by atoms with van der Waals surface area (Å²) in [4.78, 5) is 13.6. The predicted molar refractivity (Wildman–Crippen MR) is 107 cm³/mol. The second-order valence-electron chi connectivity index (χ2n) is 7.41. The molecule has 1 heterocycles. The summed E-state index contributed by atoms with van der Waals surface area (Å²) in [6.45, 7) is 16.9. The SMILES string of the molecule is [C-]#[N+]C(=NC)C(=N)C(C#N)=Nc1ccc2c(c1)CC(C)(C)N2CC(C)C. The highest BCUT2D eigenvalue weighted by Gasteiger charge is 2.36. The molecular weight excluding hydrogens is 324 g/mol. The molecule has 1 aromatic rings. The summed E-state index contributed by atoms with van der Waals surface area (Å²) in [6.07, 6.45) is 0.904. The van der Waals surface area contributed by atoms with Gasteiger partial charge in [-0.3, -0.25) is 0 Å². The Morgan fingerprint density at radius 3 is 2.69 bits per heavy atom. The van der Waals surface area contributed by atoms with Crippen molar-refractivity contribution in [3.05, 3.63) is 35.2 Å². The molecule has 0 bridgehead atoms. The number of nitrogens with zero attached hydrogens (tertiary/aromatic N) is 5. The van der Waals surface area contributed by atoms with Gasteiger partial charge < -0.3 is 15.2 Å². The van der Waals surface area contributed by atoms with Crippen molar-refractivity contribution in [2.45, 2.75) is 39.7 Å². The molecule has 0 aromatic heterocycles. The number of hydrogen-bond donors (Lipinski definition) is 1. The Balaban J connectivity index is 2.40. The number of anilines is 1. The number of aliphatic imine (C=N–C) groups is 2. The Hall–Kier alpha value is -2.99. The van der Waals surface area contributed by atoms with Gasteiger partial charge in [0.1, 0.15) is 18.8 Å². The van der Waals surface area contributed by atoms with Crippen LogP contribution >= 0.6 is 0 Å². The highest BCUT2D eigenvalue weighted by molar-refractivity contribution is 6.72. The van der Waals surface area contributed by atoms with Crippen LogP contribution in [0.4, 0.5) is 11.4 Å². The van der Waals surface area contributed by atoms with E-state index in [1.54, 1.807) is 0 Å². The maximum Gasteiger partial charge on any atom is 0.292 e. The zero-order chi connectivity index (χ0) is 19.5. The van der Waals surface area contributed by atoms with Gasteiger partial charge in [-0.2, -0.15) is 10.3 Å². The third-order valence-corrected chi connectivity index (χ3v) is 4.38. The first-order chi connectivity index (χ1) is 12.2. The smallest absolute Gasteiger partial charge is 0.292 e. The second-order valence-corrected chi connectivity index (χ2v) is 7.41. The fourth-order valence-corrected chi connectivity index (χ4v) is 3.23. The van der Waals surface area contributed by atoms with Crippen molar-refractivity contribution in [2.75, 3.05) is 18.5 Å². The molecule has 1 aliphatic heterocycles. The third-order valence-electron chi connectivity index (χ3n) is 4.38. The molecule has 0 radical (unpaired) electrons. The van der Waals surface area contributed by atoms with E-state index in [2.05, 4.69) is 47.4 Å². The Labute approximate surface area is 155 Å². The van der Waals surface area contributed by atoms with Crippen molar-refractivity contribution < 1.29 is 0 Å². The molecule has 1 aromatic carbocycles. The lowest BCUT2D eigenvalue weighted by atomic mass is 9.98. The summed E-state index contributed by atoms with van der Waals surface area (Å²) >= 11 is 0. The largest absolute Gasteiger partial charge is 0.366 e. The van der Waals surface area contributed by atoms with Crippen LogP contribution < -0.4 is 4.90 Å². The summed E-state index contributed by atoms with van der Waals surface area (Å²) in [5.74, 6) is 0.444. The third kappa shape index (κ3) is 3.81. The fourth-order valence-electron chi connectivity index (χ4n) is 3.23. The summed E-state index contributed by atoms with van der Waals surface area (Å²) < 4.78 is 0. The van der Waals surface area contributed by atoms with Crippen LogP contribution in [0.2, 0.25) is 0 Å². The van der Waals surface area contributed by atoms with E-state index in [4.69, 9.17) is 12.0 Å². The minimum absolute atomic E-state index is 0.0336. The summed E-state index contributed by atoms with van der Waals surface area (Å²) in [5, 5.41) is 17.3. The van der Waals surface area contributed by atoms with E-state index in [0.717, 1.165) is 13.0 Å². The van der Waals surface area contributed by atoms with Gasteiger partial charge in [0, 0.05) is 17.8 Å². The van der Waals surface area contributed by atoms with Gasteiger partial charge >= 0.3 is 0 Å². The van der Waals surface area contributed by atoms with Gasteiger partial charge in [-0.05, 0) is 49.9 Å². The molecule has 0 spiro atoms. The van der Waals surface area contributed by atoms with Crippen LogP contribution in [0, 0.1) is 29.2 Å². The molecule has 0 saturated carbocycles. The normalized spacial score (nSPS) is 16.2. The highest BCUT2D eigenvalue weighted by Crippen LogP contribution is 2.40. The van der Waals surface area contributed by atoms with Crippen LogP contribution in [0.25, 0.3) is 4.85 Å². The quantitative estimate of drug-likeness (QED) is 0.495. The molecule has 134 valence electrons. The van der Waals surface area contributed by atoms with Crippen molar-refractivity contribution in [1.82, 2.24) is 0 Å². The molecular formula is C20H24N6. The van der Waals surface area contributed by atoms with Crippen LogP contribution in [-0.4, -0.2) is 36.4 Å². The van der Waals surface area contributed by atoms with Gasteiger partial charge in [-0.15, -0.1) is 0 Å². The predicted octanol–water partition coefficient (Wildman–Crippen LogP) is 4.05. The first kappa shape index (κ1) is 19.3. The van der Waals surface area contributed by atoms with Gasteiger partial charge in [0.2, 0.25) is 0 Å². The van der Waals surface area contributed by atoms with Crippen LogP contribution in [0.5, 0.6) is 0 Å². The van der Waals surface area contributed by atoms with Gasteiger partial charge in [0.15, 0.2) is 5.71 Å². The van der Waals surface area contributed by atoms with Gasteiger partial charge in [-0.25, -0.2) is 4.99 Å². The second kappa shape index (κ2) is 7.49. The number of amidine groups is 1. The van der Waals surface area contributed by atoms with Crippen LogP contribution in [0.3, 0.4) is 0 Å². The molecule has 1 N–H and O–H groups in total. The van der Waals surface area contributed by atoms with Crippen molar-refractivity contribution in [1.29, 1.82) is 10.7 Å². The molecule has 2 rings (SSSR count). The number of hydrogen-bond acceptors (Lipinski definition) is 5. The average molecular weight is 348 g/mol. The number of nitriles is 1. The minimum atomic E-state index is -0.243. The molecule has 6 heteroatoms. The van der Waals surface area contributed by atoms with E-state index in [-0.39, 0.29) is 22.8 Å². The Bertz CT molecular complexity index is 861. The van der Waals surface area contributed by atoms with Gasteiger partial charge in [-0.1, -0.05) is 20.4 Å². The summed E-state index contributed by atoms with van der Waals surface area (Å²) in [5.41, 5.74) is 2.70. The lowest BCUT2D eigenvalue weighted by Crippen LogP contribution is -2.43. The Kier molecular flexibility index (Phi) is 5.57. The van der Waals surface area contributed by atoms with Crippen molar-refractivity contribution >= 4 is 28.6 Å². The zero-order valence-corrected chi connectivity index (χ0v) is 16.0. The van der Waals surface area contributed by atoms with E-state index in [9.17, 15) is 5.26 Å². The van der Waals surface area contributed by atoms with Crippen LogP contribution in [-0.2, 0) is 6.42 Å². The standard InChI is InChI=1S/C20H24N6/c1-13(2)12-26-17-8-7-15(9-14(17)10-20(26,3)4)25-16(11-21)18(22)19(23-5)24-6/h7-9,13,22H,10,12H2,1-5H3. The maximum atomic E-state index is 9.33. The monoisotopic (exact) mass is 348 g/mol. The van der Waals surface area contributed by atoms with E-state index in [0.29, 0.717) is 11.6 Å². The summed E-state index contributed by atoms with van der Waals surface area (Å²) in [6, 6.07) is 7.78. The zero-order valence-electron chi connectivity index (χ0n) is 16.0. The summed E-state index contributed by atoms with van der Waals surface area (Å²) in [7, 11) is 1.43. The molecule has 0 saturated heterocycles. The molecule has 0 unspecified atom stereocenters. The number of benzene rings is 1. The lowest BCUT2D eigenvalue weighted by Gasteiger charge is -2.35. The molecule has 0 fully saturated rings. The van der Waals surface area contributed by atoms with Crippen molar-refractivity contribution in [3.63, 3.8) is 0 Å². The molecule has 26 heavy (non-hydrogen) atoms. The molecule has 0 amide bonds. The van der Waals surface area contributed by atoms with E-state index >= 15 is 0 Å². The molecule has 1 aliphatic rings. The first-order valence-electron chi connectivity index (χ1n) is 8.56. The lowest BCUT2D eigenvalue weighted by molar-refractivity contribution is 0.454.